The Balaban J connectivity index is 1.70. The molecule has 0 bridgehead atoms. The SMILES string of the molecule is CCOC(=O)C1CCN(C(=S)NC(=O)CC2CCCC2)CC1. The van der Waals surface area contributed by atoms with Gasteiger partial charge in [0.25, 0.3) is 0 Å². The molecule has 5 nitrogen and oxygen atoms in total. The van der Waals surface area contributed by atoms with Crippen molar-refractivity contribution in [1.29, 1.82) is 0 Å². The van der Waals surface area contributed by atoms with E-state index in [2.05, 4.69) is 5.32 Å². The van der Waals surface area contributed by atoms with E-state index >= 15 is 0 Å². The lowest BCUT2D eigenvalue weighted by Crippen LogP contribution is -2.47. The molecule has 1 amide bonds. The molecule has 1 aliphatic heterocycles. The average Bonchev–Trinajstić information content (AvgIpc) is 3.00. The molecule has 2 fully saturated rings. The Morgan fingerprint density at radius 3 is 2.41 bits per heavy atom. The van der Waals surface area contributed by atoms with Crippen molar-refractivity contribution in [3.05, 3.63) is 0 Å². The van der Waals surface area contributed by atoms with Crippen molar-refractivity contribution in [1.82, 2.24) is 10.2 Å². The Hall–Kier alpha value is -1.17. The van der Waals surface area contributed by atoms with Crippen LogP contribution in [0.5, 0.6) is 0 Å². The fourth-order valence-corrected chi connectivity index (χ4v) is 3.60. The highest BCUT2D eigenvalue weighted by atomic mass is 32.1. The third-order valence-electron chi connectivity index (χ3n) is 4.60. The number of carbonyl (C=O) groups is 2. The molecule has 0 aromatic heterocycles. The highest BCUT2D eigenvalue weighted by Crippen LogP contribution is 2.27. The number of thiocarbonyl (C=S) groups is 1. The number of hydrogen-bond donors (Lipinski definition) is 1. The molecule has 1 aliphatic carbocycles. The van der Waals surface area contributed by atoms with Crippen molar-refractivity contribution in [2.75, 3.05) is 19.7 Å². The summed E-state index contributed by atoms with van der Waals surface area (Å²) in [5.74, 6) is 0.410. The maximum atomic E-state index is 12.0. The van der Waals surface area contributed by atoms with E-state index in [-0.39, 0.29) is 17.8 Å². The maximum absolute atomic E-state index is 12.0. The van der Waals surface area contributed by atoms with Crippen molar-refractivity contribution in [2.24, 2.45) is 11.8 Å². The highest BCUT2D eigenvalue weighted by Gasteiger charge is 2.27. The van der Waals surface area contributed by atoms with Gasteiger partial charge in [0.2, 0.25) is 5.91 Å². The zero-order chi connectivity index (χ0) is 15.9. The second-order valence-corrected chi connectivity index (χ2v) is 6.61. The third kappa shape index (κ3) is 4.93. The maximum Gasteiger partial charge on any atom is 0.309 e. The number of amides is 1. The summed E-state index contributed by atoms with van der Waals surface area (Å²) in [5, 5.41) is 3.35. The van der Waals surface area contributed by atoms with Gasteiger partial charge < -0.3 is 15.0 Å². The lowest BCUT2D eigenvalue weighted by atomic mass is 9.97. The van der Waals surface area contributed by atoms with Crippen LogP contribution in [0.15, 0.2) is 0 Å². The summed E-state index contributed by atoms with van der Waals surface area (Å²) in [7, 11) is 0. The summed E-state index contributed by atoms with van der Waals surface area (Å²) in [6.45, 7) is 3.65. The van der Waals surface area contributed by atoms with E-state index < -0.39 is 0 Å². The van der Waals surface area contributed by atoms with Crippen LogP contribution >= 0.6 is 12.2 Å². The number of likely N-dealkylation sites (tertiary alicyclic amines) is 1. The number of nitrogens with zero attached hydrogens (tertiary/aromatic N) is 1. The van der Waals surface area contributed by atoms with Gasteiger partial charge in [-0.2, -0.15) is 0 Å². The summed E-state index contributed by atoms with van der Waals surface area (Å²) in [6.07, 6.45) is 6.85. The molecule has 0 atom stereocenters. The number of carbonyl (C=O) groups excluding carboxylic acids is 2. The molecule has 1 heterocycles. The van der Waals surface area contributed by atoms with Crippen molar-refractivity contribution in [3.8, 4) is 0 Å². The molecule has 2 aliphatic rings. The number of rotatable bonds is 4. The molecule has 0 spiro atoms. The van der Waals surface area contributed by atoms with Crippen LogP contribution in [0, 0.1) is 11.8 Å². The van der Waals surface area contributed by atoms with E-state index in [1.807, 2.05) is 11.8 Å². The molecule has 1 saturated heterocycles. The quantitative estimate of drug-likeness (QED) is 0.634. The van der Waals surface area contributed by atoms with Crippen molar-refractivity contribution in [2.45, 2.75) is 51.9 Å². The fourth-order valence-electron chi connectivity index (χ4n) is 3.30. The summed E-state index contributed by atoms with van der Waals surface area (Å²) in [6, 6.07) is 0. The minimum atomic E-state index is -0.113. The van der Waals surface area contributed by atoms with Crippen LogP contribution < -0.4 is 5.32 Å². The van der Waals surface area contributed by atoms with Gasteiger partial charge in [-0.25, -0.2) is 0 Å². The Morgan fingerprint density at radius 1 is 1.18 bits per heavy atom. The molecule has 1 saturated carbocycles. The molecule has 0 radical (unpaired) electrons. The van der Waals surface area contributed by atoms with Crippen LogP contribution in [0.2, 0.25) is 0 Å². The standard InChI is InChI=1S/C16H26N2O3S/c1-2-21-15(20)13-7-9-18(10-8-13)16(22)17-14(19)11-12-5-3-4-6-12/h12-13H,2-11H2,1H3,(H,17,19,22). The molecule has 22 heavy (non-hydrogen) atoms. The van der Waals surface area contributed by atoms with E-state index in [4.69, 9.17) is 17.0 Å². The van der Waals surface area contributed by atoms with E-state index in [0.717, 1.165) is 25.7 Å². The van der Waals surface area contributed by atoms with Gasteiger partial charge in [-0.3, -0.25) is 9.59 Å². The summed E-state index contributed by atoms with van der Waals surface area (Å²) < 4.78 is 5.06. The Kier molecular flexibility index (Phi) is 6.61. The van der Waals surface area contributed by atoms with Gasteiger partial charge in [0, 0.05) is 19.5 Å². The predicted molar refractivity (Wildman–Crippen MR) is 88.2 cm³/mol. The van der Waals surface area contributed by atoms with Gasteiger partial charge in [-0.1, -0.05) is 12.8 Å². The molecule has 124 valence electrons. The number of hydrogen-bond acceptors (Lipinski definition) is 4. The lowest BCUT2D eigenvalue weighted by Gasteiger charge is -2.32. The number of esters is 1. The largest absolute Gasteiger partial charge is 0.466 e. The number of piperidine rings is 1. The second kappa shape index (κ2) is 8.46. The van der Waals surface area contributed by atoms with Crippen LogP contribution in [0.3, 0.4) is 0 Å². The van der Waals surface area contributed by atoms with Crippen LogP contribution in [0.4, 0.5) is 0 Å². The first-order valence-corrected chi connectivity index (χ1v) is 8.76. The van der Waals surface area contributed by atoms with E-state index in [1.54, 1.807) is 0 Å². The Morgan fingerprint density at radius 2 is 1.82 bits per heavy atom. The molecule has 0 aromatic carbocycles. The Bertz CT molecular complexity index is 414. The molecule has 0 unspecified atom stereocenters. The van der Waals surface area contributed by atoms with Gasteiger partial charge in [0.15, 0.2) is 5.11 Å². The van der Waals surface area contributed by atoms with Gasteiger partial charge in [0.05, 0.1) is 12.5 Å². The molecule has 2 rings (SSSR count). The summed E-state index contributed by atoms with van der Waals surface area (Å²) in [5.41, 5.74) is 0. The monoisotopic (exact) mass is 326 g/mol. The van der Waals surface area contributed by atoms with Gasteiger partial charge in [-0.05, 0) is 50.7 Å². The van der Waals surface area contributed by atoms with Crippen LogP contribution in [0.25, 0.3) is 0 Å². The van der Waals surface area contributed by atoms with Crippen molar-refractivity contribution < 1.29 is 14.3 Å². The van der Waals surface area contributed by atoms with Crippen LogP contribution in [0.1, 0.15) is 51.9 Å². The van der Waals surface area contributed by atoms with Gasteiger partial charge in [0.1, 0.15) is 0 Å². The minimum absolute atomic E-state index is 0.0319. The van der Waals surface area contributed by atoms with E-state index in [9.17, 15) is 9.59 Å². The number of nitrogens with one attached hydrogen (secondary N) is 1. The van der Waals surface area contributed by atoms with Crippen LogP contribution in [-0.2, 0) is 14.3 Å². The second-order valence-electron chi connectivity index (χ2n) is 6.22. The Labute approximate surface area is 137 Å². The zero-order valence-corrected chi connectivity index (χ0v) is 14.1. The van der Waals surface area contributed by atoms with Crippen LogP contribution in [-0.4, -0.2) is 41.6 Å². The summed E-state index contributed by atoms with van der Waals surface area (Å²) in [4.78, 5) is 25.7. The lowest BCUT2D eigenvalue weighted by molar-refractivity contribution is -0.149. The predicted octanol–water partition coefficient (Wildman–Crippen LogP) is 2.24. The fraction of sp³-hybridized carbons (Fsp3) is 0.812. The number of ether oxygens (including phenoxy) is 1. The molecular weight excluding hydrogens is 300 g/mol. The van der Waals surface area contributed by atoms with Crippen molar-refractivity contribution >= 4 is 29.2 Å². The van der Waals surface area contributed by atoms with Gasteiger partial charge in [-0.15, -0.1) is 0 Å². The molecule has 1 N–H and O–H groups in total. The average molecular weight is 326 g/mol. The van der Waals surface area contributed by atoms with Crippen molar-refractivity contribution in [3.63, 3.8) is 0 Å². The first-order valence-electron chi connectivity index (χ1n) is 8.35. The zero-order valence-electron chi connectivity index (χ0n) is 13.3. The smallest absolute Gasteiger partial charge is 0.309 e. The minimum Gasteiger partial charge on any atom is -0.466 e. The highest BCUT2D eigenvalue weighted by molar-refractivity contribution is 7.80. The molecule has 6 heteroatoms. The molecular formula is C16H26N2O3S. The molecule has 0 aromatic rings. The third-order valence-corrected chi connectivity index (χ3v) is 4.96. The summed E-state index contributed by atoms with van der Waals surface area (Å²) >= 11 is 5.32. The van der Waals surface area contributed by atoms with E-state index in [0.29, 0.717) is 37.1 Å². The topological polar surface area (TPSA) is 58.6 Å². The first kappa shape index (κ1) is 17.2. The van der Waals surface area contributed by atoms with E-state index in [1.165, 1.54) is 12.8 Å². The normalized spacial score (nSPS) is 20.0. The van der Waals surface area contributed by atoms with Gasteiger partial charge >= 0.3 is 5.97 Å². The first-order chi connectivity index (χ1) is 10.6.